The maximum Gasteiger partial charge on any atom is 0.340 e. The average Bonchev–Trinajstić information content (AvgIpc) is 1.85. The second-order valence-electron chi connectivity index (χ2n) is 2.52. The Kier molecular flexibility index (Phi) is 2.59. The summed E-state index contributed by atoms with van der Waals surface area (Å²) in [5.74, 6) is 0. The van der Waals surface area contributed by atoms with Gasteiger partial charge in [-0.2, -0.15) is 0 Å². The van der Waals surface area contributed by atoms with Crippen molar-refractivity contribution in [2.75, 3.05) is 0 Å². The molecule has 60 valence electrons. The van der Waals surface area contributed by atoms with Crippen molar-refractivity contribution in [3.8, 4) is 0 Å². The van der Waals surface area contributed by atoms with Gasteiger partial charge < -0.3 is 0 Å². The van der Waals surface area contributed by atoms with Gasteiger partial charge in [0.1, 0.15) is 0 Å². The molecule has 0 heterocycles. The Morgan fingerprint density at radius 3 is 1.82 bits per heavy atom. The number of hydrogen-bond acceptors (Lipinski definition) is 2. The molecule has 0 radical (unpaired) electrons. The molecule has 0 saturated carbocycles. The molecule has 1 rings (SSSR count). The summed E-state index contributed by atoms with van der Waals surface area (Å²) in [6.45, 7) is 3.80. The van der Waals surface area contributed by atoms with Gasteiger partial charge in [-0.1, -0.05) is 6.07 Å². The van der Waals surface area contributed by atoms with Crippen LogP contribution in [0.2, 0.25) is 0 Å². The van der Waals surface area contributed by atoms with E-state index in [-0.39, 0.29) is 0 Å². The van der Waals surface area contributed by atoms with Gasteiger partial charge in [-0.3, -0.25) is 0 Å². The molecule has 3 heteroatoms. The molecule has 0 atom stereocenters. The van der Waals surface area contributed by atoms with Gasteiger partial charge in [0.2, 0.25) is 0 Å². The summed E-state index contributed by atoms with van der Waals surface area (Å²) in [5, 5.41) is 0. The number of aryl methyl sites for hydroxylation is 2. The van der Waals surface area contributed by atoms with Crippen molar-refractivity contribution in [1.82, 2.24) is 0 Å². The van der Waals surface area contributed by atoms with Crippen LogP contribution in [0.25, 0.3) is 0 Å². The molecule has 0 amide bonds. The molecule has 0 aliphatic carbocycles. The van der Waals surface area contributed by atoms with Crippen LogP contribution in [-0.4, -0.2) is 0 Å². The fourth-order valence-corrected chi connectivity index (χ4v) is 2.50. The van der Waals surface area contributed by atoms with Crippen molar-refractivity contribution < 1.29 is 6.14 Å². The third kappa shape index (κ3) is 2.25. The van der Waals surface area contributed by atoms with E-state index in [0.717, 1.165) is 11.1 Å². The minimum atomic E-state index is -3.24. The Bertz CT molecular complexity index is 312. The number of halogens is 1. The summed E-state index contributed by atoms with van der Waals surface area (Å²) >= 11 is -3.24. The lowest BCUT2D eigenvalue weighted by Crippen LogP contribution is -1.79. The number of rotatable bonds is 1. The van der Waals surface area contributed by atoms with Crippen molar-refractivity contribution in [2.45, 2.75) is 13.8 Å². The second-order valence-corrected chi connectivity index (χ2v) is 5.01. The van der Waals surface area contributed by atoms with Crippen molar-refractivity contribution in [3.05, 3.63) is 32.9 Å². The zero-order valence-electron chi connectivity index (χ0n) is 6.43. The Balaban J connectivity index is 3.29. The lowest BCUT2D eigenvalue weighted by molar-refractivity contribution is 0.610. The molecule has 0 fully saturated rings. The van der Waals surface area contributed by atoms with Crippen LogP contribution in [0.3, 0.4) is 0 Å². The summed E-state index contributed by atoms with van der Waals surface area (Å²) in [6, 6.07) is 5.37. The van der Waals surface area contributed by atoms with E-state index in [9.17, 15) is 6.14 Å². The third-order valence-electron chi connectivity index (χ3n) is 1.36. The maximum absolute atomic E-state index is 10.6. The first-order chi connectivity index (χ1) is 5.09. The van der Waals surface area contributed by atoms with Crippen LogP contribution in [0.4, 0.5) is 0 Å². The fraction of sp³-hybridized carbons (Fsp3) is 0.250. The molecule has 0 aromatic heterocycles. The van der Waals surface area contributed by atoms with Crippen LogP contribution in [0, 0.1) is 17.4 Å². The van der Waals surface area contributed by atoms with Crippen LogP contribution < -0.4 is 0 Å². The molecule has 0 spiro atoms. The van der Waals surface area contributed by atoms with E-state index in [1.54, 1.807) is 12.1 Å². The van der Waals surface area contributed by atoms with E-state index in [2.05, 4.69) is 0 Å². The first kappa shape index (κ1) is 8.64. The SMILES string of the molecule is Cc1cc(C)cc(I(=O)=O)c1. The van der Waals surface area contributed by atoms with Gasteiger partial charge in [-0.25, -0.2) is 6.14 Å². The summed E-state index contributed by atoms with van der Waals surface area (Å²) < 4.78 is 21.8. The maximum atomic E-state index is 10.6. The molecule has 1 aromatic rings. The monoisotopic (exact) mass is 264 g/mol. The van der Waals surface area contributed by atoms with Gasteiger partial charge in [0, 0.05) is 0 Å². The minimum Gasteiger partial charge on any atom is -0.230 e. The Labute approximate surface area is 72.8 Å². The largest absolute Gasteiger partial charge is 0.340 e. The van der Waals surface area contributed by atoms with Gasteiger partial charge in [0.25, 0.3) is 0 Å². The Morgan fingerprint density at radius 2 is 1.45 bits per heavy atom. The van der Waals surface area contributed by atoms with Gasteiger partial charge in [0.05, 0.1) is 3.57 Å². The van der Waals surface area contributed by atoms with Crippen molar-refractivity contribution >= 4 is 19.8 Å². The molecule has 0 N–H and O–H groups in total. The van der Waals surface area contributed by atoms with Crippen molar-refractivity contribution in [3.63, 3.8) is 0 Å². The molecule has 0 aliphatic rings. The first-order valence-corrected chi connectivity index (χ1v) is 6.07. The van der Waals surface area contributed by atoms with Crippen molar-refractivity contribution in [2.24, 2.45) is 0 Å². The van der Waals surface area contributed by atoms with Gasteiger partial charge in [-0.15, -0.1) is 0 Å². The number of hydrogen-bond donors (Lipinski definition) is 0. The molecule has 0 unspecified atom stereocenters. The highest BCUT2D eigenvalue weighted by atomic mass is 127. The highest BCUT2D eigenvalue weighted by molar-refractivity contribution is 14.2. The van der Waals surface area contributed by atoms with E-state index in [4.69, 9.17) is 0 Å². The topological polar surface area (TPSA) is 34.1 Å². The summed E-state index contributed by atoms with van der Waals surface area (Å²) in [7, 11) is 0. The zero-order valence-corrected chi connectivity index (χ0v) is 8.58. The van der Waals surface area contributed by atoms with Crippen LogP contribution in [-0.2, 0) is 6.14 Å². The van der Waals surface area contributed by atoms with Crippen LogP contribution in [0.1, 0.15) is 11.1 Å². The first-order valence-electron chi connectivity index (χ1n) is 3.23. The van der Waals surface area contributed by atoms with E-state index in [0.29, 0.717) is 3.57 Å². The predicted octanol–water partition coefficient (Wildman–Crippen LogP) is 2.67. The molecule has 11 heavy (non-hydrogen) atoms. The highest BCUT2D eigenvalue weighted by Gasteiger charge is 1.98. The van der Waals surface area contributed by atoms with Crippen molar-refractivity contribution in [1.29, 1.82) is 0 Å². The molecule has 2 nitrogen and oxygen atoms in total. The smallest absolute Gasteiger partial charge is 0.230 e. The minimum absolute atomic E-state index is 0.492. The quantitative estimate of drug-likeness (QED) is 0.731. The number of benzene rings is 1. The van der Waals surface area contributed by atoms with Crippen LogP contribution in [0.5, 0.6) is 0 Å². The van der Waals surface area contributed by atoms with Gasteiger partial charge in [0.15, 0.2) is 0 Å². The van der Waals surface area contributed by atoms with Crippen LogP contribution >= 0.6 is 19.8 Å². The summed E-state index contributed by atoms with van der Waals surface area (Å²) in [5.41, 5.74) is 2.02. The third-order valence-corrected chi connectivity index (χ3v) is 3.00. The van der Waals surface area contributed by atoms with Gasteiger partial charge in [-0.05, 0) is 37.1 Å². The van der Waals surface area contributed by atoms with E-state index in [1.165, 1.54) is 0 Å². The second kappa shape index (κ2) is 3.30. The molecule has 0 aliphatic heterocycles. The standard InChI is InChI=1S/C8H9IO2/c1-6-3-7(2)5-8(4-6)9(10)11/h3-5H,1-2H3. The lowest BCUT2D eigenvalue weighted by Gasteiger charge is -1.95. The summed E-state index contributed by atoms with van der Waals surface area (Å²) in [6.07, 6.45) is 0. The molecule has 0 saturated heterocycles. The highest BCUT2D eigenvalue weighted by Crippen LogP contribution is 2.19. The van der Waals surface area contributed by atoms with E-state index < -0.39 is 19.8 Å². The Morgan fingerprint density at radius 1 is 1.00 bits per heavy atom. The fourth-order valence-electron chi connectivity index (χ4n) is 1.01. The van der Waals surface area contributed by atoms with E-state index in [1.807, 2.05) is 19.9 Å². The normalized spacial score (nSPS) is 10.5. The molecular formula is C8H9IO2. The average molecular weight is 264 g/mol. The molecule has 1 aromatic carbocycles. The summed E-state index contributed by atoms with van der Waals surface area (Å²) in [4.78, 5) is 0. The van der Waals surface area contributed by atoms with Gasteiger partial charge >= 0.3 is 19.8 Å². The molecular weight excluding hydrogens is 255 g/mol. The predicted molar refractivity (Wildman–Crippen MR) is 50.0 cm³/mol. The zero-order chi connectivity index (χ0) is 8.43. The van der Waals surface area contributed by atoms with E-state index >= 15 is 0 Å². The van der Waals surface area contributed by atoms with Crippen LogP contribution in [0.15, 0.2) is 18.2 Å². The lowest BCUT2D eigenvalue weighted by atomic mass is 10.2. The Hall–Kier alpha value is -0.450. The molecule has 0 bridgehead atoms.